The van der Waals surface area contributed by atoms with Crippen molar-refractivity contribution in [2.45, 2.75) is 0 Å². The van der Waals surface area contributed by atoms with Gasteiger partial charge in [-0.25, -0.2) is 0 Å². The van der Waals surface area contributed by atoms with Crippen molar-refractivity contribution in [1.82, 2.24) is 9.84 Å². The van der Waals surface area contributed by atoms with Crippen LogP contribution in [0.5, 0.6) is 0 Å². The molecule has 4 nitrogen and oxygen atoms in total. The number of hydrazine groups is 1. The highest BCUT2D eigenvalue weighted by molar-refractivity contribution is 8.00. The predicted molar refractivity (Wildman–Crippen MR) is 40.4 cm³/mol. The summed E-state index contributed by atoms with van der Waals surface area (Å²) >= 11 is -0.508. The molecule has 1 N–H and O–H groups in total. The summed E-state index contributed by atoms with van der Waals surface area (Å²) in [7, 11) is 0. The molecule has 0 spiro atoms. The Hall–Kier alpha value is -0.0400. The smallest absolute Gasteiger partial charge is 0.0451 e. The Kier molecular flexibility index (Phi) is 3.20. The van der Waals surface area contributed by atoms with Gasteiger partial charge >= 0.3 is 0 Å². The second kappa shape index (κ2) is 3.97. The van der Waals surface area contributed by atoms with Crippen molar-refractivity contribution in [3.63, 3.8) is 0 Å². The van der Waals surface area contributed by atoms with Gasteiger partial charge in [-0.2, -0.15) is 4.83 Å². The van der Waals surface area contributed by atoms with Crippen LogP contribution in [0.25, 0.3) is 0 Å². The molecule has 0 radical (unpaired) electrons. The van der Waals surface area contributed by atoms with Crippen LogP contribution < -0.4 is 4.83 Å². The molecule has 6 heteroatoms. The topological polar surface area (TPSA) is 55.4 Å². The van der Waals surface area contributed by atoms with Gasteiger partial charge in [0.1, 0.15) is 0 Å². The van der Waals surface area contributed by atoms with Crippen LogP contribution in [-0.4, -0.2) is 26.1 Å². The molecule has 0 aliphatic carbocycles. The molecule has 1 heterocycles. The van der Waals surface area contributed by atoms with E-state index in [-0.39, 0.29) is 5.75 Å². The fourth-order valence-electron chi connectivity index (χ4n) is 0.526. The second-order valence-corrected chi connectivity index (χ2v) is 3.40. The number of hydrogen-bond acceptors (Lipinski definition) is 5. The van der Waals surface area contributed by atoms with E-state index >= 15 is 0 Å². The molecule has 1 atom stereocenters. The van der Waals surface area contributed by atoms with Crippen LogP contribution in [0.3, 0.4) is 0 Å². The molecule has 0 bridgehead atoms. The molecule has 0 aromatic rings. The average Bonchev–Trinajstić information content (AvgIpc) is 2.34. The highest BCUT2D eigenvalue weighted by Gasteiger charge is 2.01. The molecule has 0 aromatic heterocycles. The summed E-state index contributed by atoms with van der Waals surface area (Å²) in [6.45, 7) is 0.500. The third kappa shape index (κ3) is 2.70. The highest BCUT2D eigenvalue weighted by Crippen LogP contribution is 2.06. The number of nitrogens with zero attached hydrogens (tertiary/aromatic N) is 1. The molecule has 1 aliphatic rings. The van der Waals surface area contributed by atoms with E-state index in [9.17, 15) is 8.76 Å². The van der Waals surface area contributed by atoms with E-state index in [1.54, 1.807) is 11.2 Å². The lowest BCUT2D eigenvalue weighted by atomic mass is 10.7. The standard InChI is InChI=1S/C4H8N2O2S2/c7-10(8)4-2-6-1-3-9-5-6/h1,3,5H,2,4H2,(H,7,8)/p-1. The normalized spacial score (nSPS) is 19.9. The van der Waals surface area contributed by atoms with E-state index in [4.69, 9.17) is 0 Å². The Bertz CT molecular complexity index is 161. The molecule has 0 saturated carbocycles. The van der Waals surface area contributed by atoms with Gasteiger partial charge in [0.05, 0.1) is 0 Å². The first-order valence-corrected chi connectivity index (χ1v) is 4.82. The van der Waals surface area contributed by atoms with Crippen molar-refractivity contribution in [3.05, 3.63) is 11.6 Å². The minimum Gasteiger partial charge on any atom is -0.772 e. The van der Waals surface area contributed by atoms with Crippen LogP contribution in [-0.2, 0) is 11.1 Å². The molecule has 1 unspecified atom stereocenters. The largest absolute Gasteiger partial charge is 0.772 e. The number of nitrogens with one attached hydrogen (secondary N) is 1. The summed E-state index contributed by atoms with van der Waals surface area (Å²) in [5, 5.41) is 3.58. The molecule has 1 rings (SSSR count). The monoisotopic (exact) mass is 179 g/mol. The summed E-state index contributed by atoms with van der Waals surface area (Å²) < 4.78 is 20.1. The van der Waals surface area contributed by atoms with E-state index in [0.717, 1.165) is 0 Å². The molecule has 0 aromatic carbocycles. The van der Waals surface area contributed by atoms with Crippen molar-refractivity contribution in [2.75, 3.05) is 12.3 Å². The van der Waals surface area contributed by atoms with Gasteiger partial charge in [-0.15, -0.1) is 0 Å². The average molecular weight is 179 g/mol. The van der Waals surface area contributed by atoms with Gasteiger partial charge in [0.15, 0.2) is 0 Å². The maximum atomic E-state index is 10.1. The zero-order valence-corrected chi connectivity index (χ0v) is 6.78. The molecule has 10 heavy (non-hydrogen) atoms. The van der Waals surface area contributed by atoms with Crippen LogP contribution in [0, 0.1) is 0 Å². The first-order valence-electron chi connectivity index (χ1n) is 2.69. The van der Waals surface area contributed by atoms with Gasteiger partial charge in [0.25, 0.3) is 0 Å². The summed E-state index contributed by atoms with van der Waals surface area (Å²) in [4.78, 5) is 2.88. The number of rotatable bonds is 3. The molecular weight excluding hydrogens is 172 g/mol. The van der Waals surface area contributed by atoms with Gasteiger partial charge in [-0.05, 0) is 11.9 Å². The van der Waals surface area contributed by atoms with Crippen molar-refractivity contribution < 1.29 is 8.76 Å². The van der Waals surface area contributed by atoms with Crippen LogP contribution in [0.1, 0.15) is 0 Å². The minimum atomic E-state index is -1.94. The number of hydrogen-bond donors (Lipinski definition) is 1. The van der Waals surface area contributed by atoms with Crippen LogP contribution in [0.2, 0.25) is 0 Å². The Labute approximate surface area is 66.1 Å². The molecule has 0 amide bonds. The molecule has 1 aliphatic heterocycles. The van der Waals surface area contributed by atoms with Gasteiger partial charge in [-0.1, -0.05) is 11.1 Å². The van der Waals surface area contributed by atoms with Crippen LogP contribution in [0.4, 0.5) is 0 Å². The van der Waals surface area contributed by atoms with Crippen molar-refractivity contribution in [1.29, 1.82) is 0 Å². The SMILES string of the molecule is O=S([O-])CCN1C=CSN1. The lowest BCUT2D eigenvalue weighted by Crippen LogP contribution is -2.28. The Morgan fingerprint density at radius 1 is 1.80 bits per heavy atom. The summed E-state index contributed by atoms with van der Waals surface area (Å²) in [6, 6.07) is 0. The Balaban J connectivity index is 2.13. The zero-order chi connectivity index (χ0) is 7.40. The molecule has 58 valence electrons. The van der Waals surface area contributed by atoms with Crippen molar-refractivity contribution >= 4 is 23.0 Å². The lowest BCUT2D eigenvalue weighted by Gasteiger charge is -2.15. The van der Waals surface area contributed by atoms with Crippen molar-refractivity contribution in [3.8, 4) is 0 Å². The van der Waals surface area contributed by atoms with Gasteiger partial charge in [0, 0.05) is 23.9 Å². The fraction of sp³-hybridized carbons (Fsp3) is 0.500. The quantitative estimate of drug-likeness (QED) is 0.480. The molecule has 0 saturated heterocycles. The third-order valence-electron chi connectivity index (χ3n) is 0.978. The summed E-state index contributed by atoms with van der Waals surface area (Å²) in [5.41, 5.74) is 0. The van der Waals surface area contributed by atoms with Gasteiger partial charge in [0.2, 0.25) is 0 Å². The van der Waals surface area contributed by atoms with Gasteiger partial charge < -0.3 is 9.56 Å². The van der Waals surface area contributed by atoms with Gasteiger partial charge in [-0.3, -0.25) is 4.21 Å². The summed E-state index contributed by atoms with van der Waals surface area (Å²) in [5.74, 6) is 0.165. The van der Waals surface area contributed by atoms with Crippen LogP contribution >= 0.6 is 11.9 Å². The van der Waals surface area contributed by atoms with Crippen LogP contribution in [0.15, 0.2) is 11.6 Å². The Morgan fingerprint density at radius 2 is 2.60 bits per heavy atom. The molecule has 0 fully saturated rings. The lowest BCUT2D eigenvalue weighted by molar-refractivity contribution is 0.380. The maximum Gasteiger partial charge on any atom is 0.0451 e. The second-order valence-electron chi connectivity index (χ2n) is 1.70. The zero-order valence-electron chi connectivity index (χ0n) is 5.15. The first kappa shape index (κ1) is 8.06. The highest BCUT2D eigenvalue weighted by atomic mass is 32.2. The minimum absolute atomic E-state index is 0.165. The van der Waals surface area contributed by atoms with E-state index in [2.05, 4.69) is 4.83 Å². The van der Waals surface area contributed by atoms with E-state index in [1.807, 2.05) is 5.41 Å². The van der Waals surface area contributed by atoms with E-state index in [0.29, 0.717) is 6.54 Å². The summed E-state index contributed by atoms with van der Waals surface area (Å²) in [6.07, 6.45) is 1.80. The Morgan fingerprint density at radius 3 is 3.10 bits per heavy atom. The third-order valence-corrected chi connectivity index (χ3v) is 2.09. The van der Waals surface area contributed by atoms with E-state index in [1.165, 1.54) is 11.9 Å². The predicted octanol–water partition coefficient (Wildman–Crippen LogP) is -0.195. The first-order chi connectivity index (χ1) is 4.79. The molecular formula is C4H7N2O2S2-. The maximum absolute atomic E-state index is 10.1. The fourth-order valence-corrected chi connectivity index (χ4v) is 1.43. The van der Waals surface area contributed by atoms with E-state index < -0.39 is 11.1 Å². The van der Waals surface area contributed by atoms with Crippen molar-refractivity contribution in [2.24, 2.45) is 0 Å².